The molecule has 0 unspecified atom stereocenters. The van der Waals surface area contributed by atoms with Crippen LogP contribution < -0.4 is 4.87 Å². The Balaban J connectivity index is 0.974. The van der Waals surface area contributed by atoms with Crippen LogP contribution in [-0.4, -0.2) is 68.8 Å². The molecule has 0 bridgehead atoms. The van der Waals surface area contributed by atoms with Crippen molar-refractivity contribution in [3.05, 3.63) is 99.9 Å². The van der Waals surface area contributed by atoms with E-state index in [1.165, 1.54) is 0 Å². The van der Waals surface area contributed by atoms with Crippen LogP contribution in [0.25, 0.3) is 27.0 Å². The third-order valence-corrected chi connectivity index (χ3v) is 7.02. The molecule has 0 radical (unpaired) electrons. The van der Waals surface area contributed by atoms with Gasteiger partial charge in [0.05, 0.1) is 66.4 Å². The number of fused-ring (bicyclic) bond motifs is 1. The van der Waals surface area contributed by atoms with Crippen molar-refractivity contribution in [1.29, 1.82) is 0 Å². The molecule has 0 saturated carbocycles. The molecule has 2 heterocycles. The Hall–Kier alpha value is -3.67. The van der Waals surface area contributed by atoms with Gasteiger partial charge >= 0.3 is 4.87 Å². The number of hydrogen-bond acceptors (Lipinski definition) is 8. The van der Waals surface area contributed by atoms with E-state index in [9.17, 15) is 15.0 Å². The Morgan fingerprint density at radius 3 is 2.31 bits per heavy atom. The van der Waals surface area contributed by atoms with Crippen LogP contribution >= 0.6 is 11.3 Å². The van der Waals surface area contributed by atoms with Crippen LogP contribution in [0.3, 0.4) is 0 Å². The second-order valence-corrected chi connectivity index (χ2v) is 10.3. The molecule has 0 fully saturated rings. The molecule has 0 aliphatic heterocycles. The zero-order chi connectivity index (χ0) is 27.0. The largest absolute Gasteiger partial charge is 0.390 e. The highest BCUT2D eigenvalue weighted by Gasteiger charge is 2.12. The number of H-pyrrole nitrogens is 1. The van der Waals surface area contributed by atoms with Crippen molar-refractivity contribution in [3.63, 3.8) is 0 Å². The number of aliphatic hydroxyl groups excluding tert-OH is 2. The van der Waals surface area contributed by atoms with Gasteiger partial charge in [-0.1, -0.05) is 71.1 Å². The zero-order valence-corrected chi connectivity index (χ0v) is 22.1. The maximum Gasteiger partial charge on any atom is 0.305 e. The van der Waals surface area contributed by atoms with Gasteiger partial charge in [0.2, 0.25) is 0 Å². The van der Waals surface area contributed by atoms with E-state index in [2.05, 4.69) is 39.6 Å². The lowest BCUT2D eigenvalue weighted by Gasteiger charge is -2.13. The Morgan fingerprint density at radius 2 is 1.56 bits per heavy atom. The summed E-state index contributed by atoms with van der Waals surface area (Å²) in [6, 6.07) is 23.9. The summed E-state index contributed by atoms with van der Waals surface area (Å²) in [6.07, 6.45) is 1.20. The molecule has 5 aromatic rings. The van der Waals surface area contributed by atoms with Gasteiger partial charge in [-0.2, -0.15) is 0 Å². The van der Waals surface area contributed by atoms with Crippen LogP contribution in [0.15, 0.2) is 83.8 Å². The average molecular weight is 547 g/mol. The van der Waals surface area contributed by atoms with Crippen molar-refractivity contribution in [2.75, 3.05) is 26.4 Å². The first-order valence-electron chi connectivity index (χ1n) is 12.7. The monoisotopic (exact) mass is 546 g/mol. The Bertz CT molecular complexity index is 1530. The van der Waals surface area contributed by atoms with Crippen molar-refractivity contribution in [2.24, 2.45) is 0 Å². The molecule has 9 nitrogen and oxygen atoms in total. The van der Waals surface area contributed by atoms with Crippen LogP contribution in [0.2, 0.25) is 0 Å². The Labute approximate surface area is 229 Å². The predicted octanol–water partition coefficient (Wildman–Crippen LogP) is 3.38. The summed E-state index contributed by atoms with van der Waals surface area (Å²) in [5.74, 6) is 0. The first kappa shape index (κ1) is 26.9. The number of nitrogens with zero attached hydrogens (tertiary/aromatic N) is 3. The highest BCUT2D eigenvalue weighted by Crippen LogP contribution is 2.20. The van der Waals surface area contributed by atoms with Gasteiger partial charge in [0.15, 0.2) is 0 Å². The zero-order valence-electron chi connectivity index (χ0n) is 21.3. The second kappa shape index (κ2) is 12.9. The highest BCUT2D eigenvalue weighted by molar-refractivity contribution is 7.16. The molecule has 3 aromatic carbocycles. The molecule has 0 spiro atoms. The van der Waals surface area contributed by atoms with Crippen molar-refractivity contribution >= 4 is 21.6 Å². The molecule has 5 rings (SSSR count). The van der Waals surface area contributed by atoms with Crippen molar-refractivity contribution in [2.45, 2.75) is 25.0 Å². The SMILES string of the molecule is O=c1[nH]c2ccc(-n3cc(C[C@H](O)COCCOC[C@@H](O)Cc4ccc(-c5ccccc5)cc4)nn3)cc2s1. The molecule has 3 N–H and O–H groups in total. The van der Waals surface area contributed by atoms with Gasteiger partial charge < -0.3 is 24.7 Å². The molecule has 2 atom stereocenters. The van der Waals surface area contributed by atoms with Gasteiger partial charge in [-0.05, 0) is 34.9 Å². The van der Waals surface area contributed by atoms with Crippen LogP contribution in [0.1, 0.15) is 11.3 Å². The first-order valence-corrected chi connectivity index (χ1v) is 13.6. The number of hydrogen-bond donors (Lipinski definition) is 3. The van der Waals surface area contributed by atoms with Crippen LogP contribution in [0.5, 0.6) is 0 Å². The fourth-order valence-electron chi connectivity index (χ4n) is 4.25. The molecule has 0 amide bonds. The molecule has 2 aromatic heterocycles. The number of benzene rings is 3. The molecule has 10 heteroatoms. The molecule has 39 heavy (non-hydrogen) atoms. The van der Waals surface area contributed by atoms with Crippen molar-refractivity contribution < 1.29 is 19.7 Å². The maximum atomic E-state index is 11.5. The van der Waals surface area contributed by atoms with E-state index in [1.54, 1.807) is 10.9 Å². The van der Waals surface area contributed by atoms with E-state index in [-0.39, 0.29) is 18.1 Å². The fourth-order valence-corrected chi connectivity index (χ4v) is 5.02. The second-order valence-electron chi connectivity index (χ2n) is 9.28. The van der Waals surface area contributed by atoms with Crippen LogP contribution in [0.4, 0.5) is 0 Å². The minimum Gasteiger partial charge on any atom is -0.390 e. The van der Waals surface area contributed by atoms with E-state index >= 15 is 0 Å². The van der Waals surface area contributed by atoms with E-state index in [0.717, 1.165) is 43.9 Å². The standard InChI is InChI=1S/C29H30N4O5S/c34-25(14-20-6-8-22(9-7-20)21-4-2-1-3-5-21)18-37-12-13-38-19-26(35)15-23-17-33(32-31-23)24-10-11-27-28(16-24)39-29(36)30-27/h1-11,16-17,25-26,34-35H,12-15,18-19H2,(H,30,36)/t25-,26-/m0/s1. The van der Waals surface area contributed by atoms with Crippen molar-refractivity contribution in [3.8, 4) is 16.8 Å². The van der Waals surface area contributed by atoms with E-state index in [4.69, 9.17) is 9.47 Å². The lowest BCUT2D eigenvalue weighted by Crippen LogP contribution is -2.22. The lowest BCUT2D eigenvalue weighted by atomic mass is 10.0. The summed E-state index contributed by atoms with van der Waals surface area (Å²) in [7, 11) is 0. The lowest BCUT2D eigenvalue weighted by molar-refractivity contribution is -0.0165. The predicted molar refractivity (Wildman–Crippen MR) is 150 cm³/mol. The number of thiazole rings is 1. The van der Waals surface area contributed by atoms with Gasteiger partial charge in [-0.3, -0.25) is 4.79 Å². The van der Waals surface area contributed by atoms with Crippen LogP contribution in [-0.2, 0) is 22.3 Å². The smallest absolute Gasteiger partial charge is 0.305 e. The third-order valence-electron chi connectivity index (χ3n) is 6.18. The molecule has 0 aliphatic carbocycles. The summed E-state index contributed by atoms with van der Waals surface area (Å²) in [6.45, 7) is 0.971. The molecule has 0 saturated heterocycles. The summed E-state index contributed by atoms with van der Waals surface area (Å²) >= 11 is 1.14. The van der Waals surface area contributed by atoms with E-state index < -0.39 is 12.2 Å². The number of aromatic nitrogens is 4. The summed E-state index contributed by atoms with van der Waals surface area (Å²) in [4.78, 5) is 14.2. The van der Waals surface area contributed by atoms with Crippen LogP contribution in [0, 0.1) is 0 Å². The fraction of sp³-hybridized carbons (Fsp3) is 0.276. The van der Waals surface area contributed by atoms with E-state index in [0.29, 0.717) is 31.7 Å². The molecule has 202 valence electrons. The van der Waals surface area contributed by atoms with E-state index in [1.807, 2.05) is 48.5 Å². The summed E-state index contributed by atoms with van der Waals surface area (Å²) in [5.41, 5.74) is 5.55. The van der Waals surface area contributed by atoms with Gasteiger partial charge in [0, 0.05) is 12.8 Å². The quantitative estimate of drug-likeness (QED) is 0.194. The number of ether oxygens (including phenoxy) is 2. The Morgan fingerprint density at radius 1 is 0.872 bits per heavy atom. The number of nitrogens with one attached hydrogen (secondary N) is 1. The van der Waals surface area contributed by atoms with Crippen molar-refractivity contribution in [1.82, 2.24) is 20.0 Å². The first-order chi connectivity index (χ1) is 19.0. The van der Waals surface area contributed by atoms with Gasteiger partial charge in [-0.15, -0.1) is 5.10 Å². The Kier molecular flexibility index (Phi) is 8.92. The normalized spacial score (nSPS) is 13.1. The molecular weight excluding hydrogens is 516 g/mol. The topological polar surface area (TPSA) is 122 Å². The highest BCUT2D eigenvalue weighted by atomic mass is 32.1. The minimum absolute atomic E-state index is 0.101. The number of rotatable bonds is 13. The molecular formula is C29H30N4O5S. The summed E-state index contributed by atoms with van der Waals surface area (Å²) in [5, 5.41) is 28.9. The third kappa shape index (κ3) is 7.47. The van der Waals surface area contributed by atoms with Gasteiger partial charge in [0.25, 0.3) is 0 Å². The van der Waals surface area contributed by atoms with Gasteiger partial charge in [0.1, 0.15) is 0 Å². The average Bonchev–Trinajstić information content (AvgIpc) is 3.56. The number of aliphatic hydroxyl groups is 2. The number of aromatic amines is 1. The summed E-state index contributed by atoms with van der Waals surface area (Å²) < 4.78 is 13.5. The minimum atomic E-state index is -0.739. The molecule has 0 aliphatic rings. The van der Waals surface area contributed by atoms with Gasteiger partial charge in [-0.25, -0.2) is 4.68 Å². The maximum absolute atomic E-state index is 11.5.